The highest BCUT2D eigenvalue weighted by molar-refractivity contribution is 6.46. The number of likely N-dealkylation sites (tertiary alicyclic amines) is 1. The number of fused-ring (bicyclic) bond motifs is 1. The van der Waals surface area contributed by atoms with Crippen molar-refractivity contribution in [3.05, 3.63) is 90.2 Å². The summed E-state index contributed by atoms with van der Waals surface area (Å²) in [5, 5.41) is 11.4. The van der Waals surface area contributed by atoms with Crippen molar-refractivity contribution in [1.82, 2.24) is 28.8 Å². The van der Waals surface area contributed by atoms with Gasteiger partial charge >= 0.3 is 0 Å². The molecule has 1 aliphatic heterocycles. The van der Waals surface area contributed by atoms with Crippen molar-refractivity contribution in [3.8, 4) is 0 Å². The predicted octanol–water partition coefficient (Wildman–Crippen LogP) is 2.75. The zero-order chi connectivity index (χ0) is 22.9. The molecule has 9 nitrogen and oxygen atoms in total. The quantitative estimate of drug-likeness (QED) is 0.280. The highest BCUT2D eigenvalue weighted by Gasteiger charge is 2.46. The van der Waals surface area contributed by atoms with Gasteiger partial charge in [0.15, 0.2) is 5.76 Å². The molecule has 0 aliphatic carbocycles. The van der Waals surface area contributed by atoms with Gasteiger partial charge in [0.2, 0.25) is 0 Å². The molecule has 4 aromatic heterocycles. The molecule has 0 radical (unpaired) electrons. The fourth-order valence-electron chi connectivity index (χ4n) is 4.37. The number of rotatable bonds is 6. The standard InChI is InChI=1S/C24H22N6O3/c1-16-20(29-12-3-2-5-18(29)27-16)22(31)19-21(17-6-8-25-9-7-17)30(24(33)23(19)32)13-4-11-28-14-10-26-15-28/h2-3,5-10,12,14-15,21,31H,4,11,13H2,1H3/t21-/m1/s1. The Labute approximate surface area is 189 Å². The first-order valence-corrected chi connectivity index (χ1v) is 10.6. The number of hydrogen-bond donors (Lipinski definition) is 1. The maximum Gasteiger partial charge on any atom is 0.295 e. The highest BCUT2D eigenvalue weighted by Crippen LogP contribution is 2.39. The van der Waals surface area contributed by atoms with Gasteiger partial charge in [-0.3, -0.25) is 19.0 Å². The van der Waals surface area contributed by atoms with Gasteiger partial charge in [-0.15, -0.1) is 0 Å². The number of carbonyl (C=O) groups excluding carboxylic acids is 2. The molecule has 1 fully saturated rings. The van der Waals surface area contributed by atoms with E-state index in [-0.39, 0.29) is 11.3 Å². The molecule has 0 spiro atoms. The Kier molecular flexibility index (Phi) is 5.21. The molecule has 1 amide bonds. The second-order valence-electron chi connectivity index (χ2n) is 7.90. The average molecular weight is 442 g/mol. The first-order chi connectivity index (χ1) is 16.1. The summed E-state index contributed by atoms with van der Waals surface area (Å²) >= 11 is 0. The van der Waals surface area contributed by atoms with E-state index in [1.54, 1.807) is 54.6 Å². The van der Waals surface area contributed by atoms with Crippen molar-refractivity contribution in [3.63, 3.8) is 0 Å². The number of Topliss-reactive ketones (excluding diaryl/α,β-unsaturated/α-hetero) is 1. The van der Waals surface area contributed by atoms with Crippen molar-refractivity contribution in [1.29, 1.82) is 0 Å². The molecule has 1 atom stereocenters. The number of carbonyl (C=O) groups is 2. The molecule has 5 rings (SSSR count). The van der Waals surface area contributed by atoms with E-state index in [1.807, 2.05) is 29.0 Å². The molecule has 1 N–H and O–H groups in total. The number of hydrogen-bond acceptors (Lipinski definition) is 6. The van der Waals surface area contributed by atoms with Gasteiger partial charge in [0.25, 0.3) is 11.7 Å². The van der Waals surface area contributed by atoms with Gasteiger partial charge in [-0.2, -0.15) is 0 Å². The maximum atomic E-state index is 13.2. The van der Waals surface area contributed by atoms with E-state index in [1.165, 1.54) is 4.90 Å². The number of aromatic nitrogens is 5. The second kappa shape index (κ2) is 8.34. The smallest absolute Gasteiger partial charge is 0.295 e. The molecule has 0 saturated carbocycles. The van der Waals surface area contributed by atoms with Crippen molar-refractivity contribution in [2.75, 3.05) is 6.54 Å². The Balaban J connectivity index is 1.59. The molecule has 0 aromatic carbocycles. The van der Waals surface area contributed by atoms with E-state index < -0.39 is 17.7 Å². The van der Waals surface area contributed by atoms with Gasteiger partial charge < -0.3 is 14.6 Å². The van der Waals surface area contributed by atoms with Gasteiger partial charge in [-0.1, -0.05) is 6.07 Å². The molecule has 1 saturated heterocycles. The van der Waals surface area contributed by atoms with Crippen LogP contribution in [0.4, 0.5) is 0 Å². The van der Waals surface area contributed by atoms with Crippen LogP contribution in [-0.4, -0.2) is 52.2 Å². The first-order valence-electron chi connectivity index (χ1n) is 10.6. The van der Waals surface area contributed by atoms with Crippen LogP contribution in [-0.2, 0) is 16.1 Å². The topological polar surface area (TPSA) is 106 Å². The number of aryl methyl sites for hydroxylation is 2. The molecule has 0 unspecified atom stereocenters. The van der Waals surface area contributed by atoms with Gasteiger partial charge in [-0.05, 0) is 43.2 Å². The van der Waals surface area contributed by atoms with E-state index in [9.17, 15) is 14.7 Å². The van der Waals surface area contributed by atoms with E-state index in [0.29, 0.717) is 42.1 Å². The van der Waals surface area contributed by atoms with Crippen molar-refractivity contribution < 1.29 is 14.7 Å². The van der Waals surface area contributed by atoms with E-state index >= 15 is 0 Å². The van der Waals surface area contributed by atoms with Crippen LogP contribution in [0.15, 0.2) is 73.2 Å². The molecule has 5 heterocycles. The molecule has 33 heavy (non-hydrogen) atoms. The first kappa shape index (κ1) is 20.6. The fourth-order valence-corrected chi connectivity index (χ4v) is 4.37. The molecule has 1 aliphatic rings. The summed E-state index contributed by atoms with van der Waals surface area (Å²) < 4.78 is 3.64. The summed E-state index contributed by atoms with van der Waals surface area (Å²) in [5.41, 5.74) is 2.38. The van der Waals surface area contributed by atoms with Crippen molar-refractivity contribution in [2.45, 2.75) is 25.9 Å². The lowest BCUT2D eigenvalue weighted by atomic mass is 9.97. The molecule has 166 valence electrons. The Morgan fingerprint density at radius 3 is 2.61 bits per heavy atom. The number of aliphatic hydroxyl groups is 1. The third kappa shape index (κ3) is 3.57. The lowest BCUT2D eigenvalue weighted by molar-refractivity contribution is -0.139. The maximum absolute atomic E-state index is 13.2. The van der Waals surface area contributed by atoms with Gasteiger partial charge in [-0.25, -0.2) is 9.97 Å². The molecule has 9 heteroatoms. The summed E-state index contributed by atoms with van der Waals surface area (Å²) in [7, 11) is 0. The van der Waals surface area contributed by atoms with Crippen molar-refractivity contribution in [2.24, 2.45) is 0 Å². The molecular weight excluding hydrogens is 420 g/mol. The molecule has 0 bridgehead atoms. The Morgan fingerprint density at radius 2 is 1.85 bits per heavy atom. The summed E-state index contributed by atoms with van der Waals surface area (Å²) in [4.78, 5) is 40.4. The number of ketones is 1. The predicted molar refractivity (Wildman–Crippen MR) is 120 cm³/mol. The van der Waals surface area contributed by atoms with E-state index in [4.69, 9.17) is 0 Å². The van der Waals surface area contributed by atoms with Crippen LogP contribution in [0.1, 0.15) is 29.4 Å². The van der Waals surface area contributed by atoms with Crippen LogP contribution >= 0.6 is 0 Å². The normalized spacial score (nSPS) is 17.8. The number of amides is 1. The summed E-state index contributed by atoms with van der Waals surface area (Å²) in [6.07, 6.45) is 10.9. The zero-order valence-electron chi connectivity index (χ0n) is 18.0. The van der Waals surface area contributed by atoms with E-state index in [2.05, 4.69) is 15.0 Å². The Morgan fingerprint density at radius 1 is 1.03 bits per heavy atom. The highest BCUT2D eigenvalue weighted by atomic mass is 16.3. The third-order valence-corrected chi connectivity index (χ3v) is 5.86. The number of pyridine rings is 2. The number of imidazole rings is 2. The molecular formula is C24H22N6O3. The van der Waals surface area contributed by atoms with E-state index in [0.717, 1.165) is 0 Å². The van der Waals surface area contributed by atoms with Crippen LogP contribution in [0.25, 0.3) is 11.4 Å². The Bertz CT molecular complexity index is 1360. The summed E-state index contributed by atoms with van der Waals surface area (Å²) in [5.74, 6) is -1.57. The Hall–Kier alpha value is -4.27. The van der Waals surface area contributed by atoms with Crippen LogP contribution in [0.3, 0.4) is 0 Å². The average Bonchev–Trinajstić information content (AvgIpc) is 3.52. The minimum Gasteiger partial charge on any atom is -0.505 e. The van der Waals surface area contributed by atoms with Crippen LogP contribution in [0, 0.1) is 6.92 Å². The minimum atomic E-state index is -0.718. The zero-order valence-corrected chi connectivity index (χ0v) is 18.0. The third-order valence-electron chi connectivity index (χ3n) is 5.86. The van der Waals surface area contributed by atoms with Gasteiger partial charge in [0.1, 0.15) is 11.3 Å². The summed E-state index contributed by atoms with van der Waals surface area (Å²) in [6, 6.07) is 8.28. The monoisotopic (exact) mass is 442 g/mol. The molecule has 4 aromatic rings. The largest absolute Gasteiger partial charge is 0.505 e. The van der Waals surface area contributed by atoms with Crippen LogP contribution < -0.4 is 0 Å². The fraction of sp³-hybridized carbons (Fsp3) is 0.208. The number of aliphatic hydroxyl groups excluding tert-OH is 1. The van der Waals surface area contributed by atoms with Gasteiger partial charge in [0, 0.05) is 44.1 Å². The minimum absolute atomic E-state index is 0.0579. The lowest BCUT2D eigenvalue weighted by Gasteiger charge is -2.25. The van der Waals surface area contributed by atoms with Gasteiger partial charge in [0.05, 0.1) is 23.6 Å². The summed E-state index contributed by atoms with van der Waals surface area (Å²) in [6.45, 7) is 2.77. The lowest BCUT2D eigenvalue weighted by Crippen LogP contribution is -2.31. The number of nitrogens with zero attached hydrogens (tertiary/aromatic N) is 6. The van der Waals surface area contributed by atoms with Crippen LogP contribution in [0.2, 0.25) is 0 Å². The SMILES string of the molecule is Cc1nc2ccccn2c1C(O)=C1C(=O)C(=O)N(CCCn2ccnc2)[C@@H]1c1ccncc1. The second-order valence-corrected chi connectivity index (χ2v) is 7.90. The van der Waals surface area contributed by atoms with Crippen LogP contribution in [0.5, 0.6) is 0 Å². The van der Waals surface area contributed by atoms with Crippen molar-refractivity contribution >= 4 is 23.1 Å².